The van der Waals surface area contributed by atoms with Crippen LogP contribution in [0.4, 0.5) is 0 Å². The van der Waals surface area contributed by atoms with Crippen LogP contribution in [0.3, 0.4) is 0 Å². The molecule has 3 aromatic rings. The second kappa shape index (κ2) is 6.56. The lowest BCUT2D eigenvalue weighted by Crippen LogP contribution is -2.37. The van der Waals surface area contributed by atoms with E-state index in [1.54, 1.807) is 0 Å². The summed E-state index contributed by atoms with van der Waals surface area (Å²) in [5, 5.41) is 4.54. The molecule has 0 N–H and O–H groups in total. The van der Waals surface area contributed by atoms with Gasteiger partial charge in [-0.15, -0.1) is 0 Å². The highest BCUT2D eigenvalue weighted by Gasteiger charge is 2.23. The molecule has 0 unspecified atom stereocenters. The Kier molecular flexibility index (Phi) is 4.23. The van der Waals surface area contributed by atoms with E-state index < -0.39 is 0 Å². The summed E-state index contributed by atoms with van der Waals surface area (Å²) in [4.78, 5) is 19.1. The Morgan fingerprint density at radius 1 is 1.15 bits per heavy atom. The third-order valence-corrected chi connectivity index (χ3v) is 5.32. The molecule has 0 atom stereocenters. The monoisotopic (exact) mass is 348 g/mol. The molecule has 0 saturated carbocycles. The van der Waals surface area contributed by atoms with Crippen molar-refractivity contribution < 1.29 is 4.79 Å². The molecular formula is C21H24N4O. The zero-order valence-electron chi connectivity index (χ0n) is 15.6. The number of aromatic nitrogens is 3. The second-order valence-electron chi connectivity index (χ2n) is 7.27. The molecule has 3 heterocycles. The van der Waals surface area contributed by atoms with E-state index in [1.807, 2.05) is 28.6 Å². The van der Waals surface area contributed by atoms with Crippen molar-refractivity contribution in [2.45, 2.75) is 46.6 Å². The van der Waals surface area contributed by atoms with Crippen LogP contribution in [0, 0.1) is 20.8 Å². The first-order valence-electron chi connectivity index (χ1n) is 9.18. The molecular weight excluding hydrogens is 324 g/mol. The number of fused-ring (bicyclic) bond motifs is 3. The van der Waals surface area contributed by atoms with Crippen molar-refractivity contribution >= 4 is 11.6 Å². The van der Waals surface area contributed by atoms with Crippen LogP contribution in [0.15, 0.2) is 30.5 Å². The largest absolute Gasteiger partial charge is 0.338 e. The number of rotatable bonds is 3. The average molecular weight is 348 g/mol. The topological polar surface area (TPSA) is 50.5 Å². The average Bonchev–Trinajstić information content (AvgIpc) is 3.02. The summed E-state index contributed by atoms with van der Waals surface area (Å²) in [6.07, 6.45) is 4.06. The van der Waals surface area contributed by atoms with E-state index in [2.05, 4.69) is 42.1 Å². The first-order valence-corrected chi connectivity index (χ1v) is 9.18. The molecule has 1 amide bonds. The van der Waals surface area contributed by atoms with Crippen molar-refractivity contribution in [1.29, 1.82) is 0 Å². The van der Waals surface area contributed by atoms with Gasteiger partial charge in [0, 0.05) is 43.8 Å². The molecule has 134 valence electrons. The fourth-order valence-corrected chi connectivity index (χ4v) is 3.64. The minimum atomic E-state index is 0.214. The Labute approximate surface area is 153 Å². The predicted molar refractivity (Wildman–Crippen MR) is 101 cm³/mol. The van der Waals surface area contributed by atoms with Crippen molar-refractivity contribution in [3.63, 3.8) is 0 Å². The Hall–Kier alpha value is -2.69. The lowest BCUT2D eigenvalue weighted by atomic mass is 10.0. The molecule has 26 heavy (non-hydrogen) atoms. The smallest absolute Gasteiger partial charge is 0.223 e. The van der Waals surface area contributed by atoms with E-state index >= 15 is 0 Å². The van der Waals surface area contributed by atoms with E-state index in [0.717, 1.165) is 36.3 Å². The van der Waals surface area contributed by atoms with Crippen LogP contribution >= 0.6 is 0 Å². The summed E-state index contributed by atoms with van der Waals surface area (Å²) in [6.45, 7) is 7.58. The minimum absolute atomic E-state index is 0.214. The number of hydrogen-bond acceptors (Lipinski definition) is 3. The highest BCUT2D eigenvalue weighted by atomic mass is 16.2. The highest BCUT2D eigenvalue weighted by molar-refractivity contribution is 5.76. The zero-order chi connectivity index (χ0) is 18.3. The summed E-state index contributed by atoms with van der Waals surface area (Å²) in [7, 11) is 0. The maximum atomic E-state index is 12.7. The number of carbonyl (C=O) groups excluding carboxylic acids is 1. The Bertz CT molecular complexity index is 989. The van der Waals surface area contributed by atoms with Gasteiger partial charge < -0.3 is 4.90 Å². The number of benzene rings is 1. The molecule has 4 rings (SSSR count). The normalized spacial score (nSPS) is 13.9. The van der Waals surface area contributed by atoms with Gasteiger partial charge in [-0.05, 0) is 43.9 Å². The molecule has 0 radical (unpaired) electrons. The minimum Gasteiger partial charge on any atom is -0.338 e. The van der Waals surface area contributed by atoms with Gasteiger partial charge in [-0.25, -0.2) is 9.50 Å². The summed E-state index contributed by atoms with van der Waals surface area (Å²) >= 11 is 0. The first-order chi connectivity index (χ1) is 12.5. The molecule has 5 nitrogen and oxygen atoms in total. The van der Waals surface area contributed by atoms with Gasteiger partial charge in [-0.1, -0.05) is 18.2 Å². The number of amides is 1. The molecule has 0 fully saturated rings. The lowest BCUT2D eigenvalue weighted by molar-refractivity contribution is -0.132. The molecule has 0 aliphatic carbocycles. The Morgan fingerprint density at radius 3 is 2.81 bits per heavy atom. The van der Waals surface area contributed by atoms with Crippen LogP contribution in [0.1, 0.15) is 40.1 Å². The molecule has 0 saturated heterocycles. The number of aryl methyl sites for hydroxylation is 4. The van der Waals surface area contributed by atoms with E-state index in [-0.39, 0.29) is 5.91 Å². The summed E-state index contributed by atoms with van der Waals surface area (Å²) < 4.78 is 1.93. The standard InChI is InChI=1S/C21H24N4O/c1-14-4-5-17(10-15(14)2)6-7-21(26)24-9-8-19-18(13-24)12-22-20-11-16(3)23-25(19)20/h4-5,10-12H,6-9,13H2,1-3H3. The second-order valence-corrected chi connectivity index (χ2v) is 7.27. The molecule has 0 bridgehead atoms. The fourth-order valence-electron chi connectivity index (χ4n) is 3.64. The van der Waals surface area contributed by atoms with Gasteiger partial charge in [0.05, 0.1) is 11.4 Å². The first kappa shape index (κ1) is 16.8. The van der Waals surface area contributed by atoms with Crippen molar-refractivity contribution in [2.24, 2.45) is 0 Å². The van der Waals surface area contributed by atoms with Gasteiger partial charge in [-0.2, -0.15) is 5.10 Å². The number of carbonyl (C=O) groups is 1. The molecule has 1 aromatic carbocycles. The lowest BCUT2D eigenvalue weighted by Gasteiger charge is -2.29. The molecule has 1 aliphatic heterocycles. The SMILES string of the molecule is Cc1cc2ncc3c(n2n1)CCN(C(=O)CCc1ccc(C)c(C)c1)C3. The van der Waals surface area contributed by atoms with Crippen molar-refractivity contribution in [3.05, 3.63) is 64.1 Å². The maximum Gasteiger partial charge on any atom is 0.223 e. The van der Waals surface area contributed by atoms with Crippen LogP contribution in [0.5, 0.6) is 0 Å². The Morgan fingerprint density at radius 2 is 2.00 bits per heavy atom. The summed E-state index contributed by atoms with van der Waals surface area (Å²) in [5.41, 5.74) is 7.95. The van der Waals surface area contributed by atoms with E-state index in [4.69, 9.17) is 0 Å². The highest BCUT2D eigenvalue weighted by Crippen LogP contribution is 2.21. The van der Waals surface area contributed by atoms with Gasteiger partial charge in [0.15, 0.2) is 5.65 Å². The number of nitrogens with zero attached hydrogens (tertiary/aromatic N) is 4. The quantitative estimate of drug-likeness (QED) is 0.730. The van der Waals surface area contributed by atoms with Gasteiger partial charge in [-0.3, -0.25) is 4.79 Å². The van der Waals surface area contributed by atoms with Gasteiger partial charge in [0.25, 0.3) is 0 Å². The summed E-state index contributed by atoms with van der Waals surface area (Å²) in [5.74, 6) is 0.214. The predicted octanol–water partition coefficient (Wildman–Crippen LogP) is 3.17. The fraction of sp³-hybridized carbons (Fsp3) is 0.381. The van der Waals surface area contributed by atoms with Crippen LogP contribution in [0.2, 0.25) is 0 Å². The van der Waals surface area contributed by atoms with Gasteiger partial charge in [0.2, 0.25) is 5.91 Å². The zero-order valence-corrected chi connectivity index (χ0v) is 15.6. The van der Waals surface area contributed by atoms with Gasteiger partial charge >= 0.3 is 0 Å². The van der Waals surface area contributed by atoms with E-state index in [0.29, 0.717) is 13.0 Å². The van der Waals surface area contributed by atoms with Gasteiger partial charge in [0.1, 0.15) is 0 Å². The number of hydrogen-bond donors (Lipinski definition) is 0. The van der Waals surface area contributed by atoms with Crippen molar-refractivity contribution in [3.8, 4) is 0 Å². The van der Waals surface area contributed by atoms with Crippen molar-refractivity contribution in [2.75, 3.05) is 6.54 Å². The van der Waals surface area contributed by atoms with Crippen LogP contribution in [-0.4, -0.2) is 31.9 Å². The molecule has 5 heteroatoms. The third kappa shape index (κ3) is 3.09. The van der Waals surface area contributed by atoms with E-state index in [1.165, 1.54) is 22.4 Å². The van der Waals surface area contributed by atoms with Crippen LogP contribution in [0.25, 0.3) is 5.65 Å². The molecule has 0 spiro atoms. The van der Waals surface area contributed by atoms with Crippen molar-refractivity contribution in [1.82, 2.24) is 19.5 Å². The van der Waals surface area contributed by atoms with Crippen LogP contribution in [-0.2, 0) is 24.2 Å². The summed E-state index contributed by atoms with van der Waals surface area (Å²) in [6, 6.07) is 8.44. The molecule has 2 aromatic heterocycles. The van der Waals surface area contributed by atoms with E-state index in [9.17, 15) is 4.79 Å². The Balaban J connectivity index is 1.45. The third-order valence-electron chi connectivity index (χ3n) is 5.32. The van der Waals surface area contributed by atoms with Crippen LogP contribution < -0.4 is 0 Å². The maximum absolute atomic E-state index is 12.7. The molecule has 1 aliphatic rings.